The lowest BCUT2D eigenvalue weighted by atomic mass is 10.3. The molecule has 0 saturated carbocycles. The fourth-order valence-electron chi connectivity index (χ4n) is 0.623. The SMILES string of the molecule is CCCCNC(=O)CNC(=O)O. The van der Waals surface area contributed by atoms with Crippen LogP contribution in [0.1, 0.15) is 19.8 Å². The summed E-state index contributed by atoms with van der Waals surface area (Å²) in [6, 6.07) is 0. The number of rotatable bonds is 5. The van der Waals surface area contributed by atoms with Gasteiger partial charge in [-0.2, -0.15) is 0 Å². The highest BCUT2D eigenvalue weighted by atomic mass is 16.4. The van der Waals surface area contributed by atoms with E-state index in [-0.39, 0.29) is 12.5 Å². The van der Waals surface area contributed by atoms with Crippen LogP contribution in [-0.2, 0) is 4.79 Å². The normalized spacial score (nSPS) is 9.08. The van der Waals surface area contributed by atoms with E-state index in [2.05, 4.69) is 5.32 Å². The maximum absolute atomic E-state index is 10.8. The second kappa shape index (κ2) is 6.45. The van der Waals surface area contributed by atoms with Crippen molar-refractivity contribution < 1.29 is 14.7 Å². The molecule has 0 rings (SSSR count). The van der Waals surface area contributed by atoms with Crippen LogP contribution >= 0.6 is 0 Å². The monoisotopic (exact) mass is 174 g/mol. The van der Waals surface area contributed by atoms with Gasteiger partial charge in [-0.25, -0.2) is 4.79 Å². The molecule has 0 radical (unpaired) electrons. The van der Waals surface area contributed by atoms with E-state index in [1.807, 2.05) is 12.2 Å². The lowest BCUT2D eigenvalue weighted by Crippen LogP contribution is -2.36. The van der Waals surface area contributed by atoms with Gasteiger partial charge in [0.2, 0.25) is 5.91 Å². The minimum atomic E-state index is -1.18. The molecule has 0 fully saturated rings. The molecule has 0 bridgehead atoms. The highest BCUT2D eigenvalue weighted by Crippen LogP contribution is 1.81. The fourth-order valence-corrected chi connectivity index (χ4v) is 0.623. The summed E-state index contributed by atoms with van der Waals surface area (Å²) < 4.78 is 0. The van der Waals surface area contributed by atoms with E-state index in [4.69, 9.17) is 5.11 Å². The van der Waals surface area contributed by atoms with E-state index < -0.39 is 6.09 Å². The lowest BCUT2D eigenvalue weighted by Gasteiger charge is -2.02. The van der Waals surface area contributed by atoms with Crippen LogP contribution in [0.4, 0.5) is 4.79 Å². The quantitative estimate of drug-likeness (QED) is 0.520. The zero-order chi connectivity index (χ0) is 9.40. The molecule has 12 heavy (non-hydrogen) atoms. The Morgan fingerprint density at radius 3 is 2.50 bits per heavy atom. The smallest absolute Gasteiger partial charge is 0.405 e. The molecule has 2 amide bonds. The third-order valence-electron chi connectivity index (χ3n) is 1.25. The summed E-state index contributed by atoms with van der Waals surface area (Å²) in [6.45, 7) is 2.46. The van der Waals surface area contributed by atoms with Crippen molar-refractivity contribution in [3.05, 3.63) is 0 Å². The van der Waals surface area contributed by atoms with Gasteiger partial charge in [0.05, 0.1) is 6.54 Å². The standard InChI is InChI=1S/C7H14N2O3/c1-2-3-4-8-6(10)5-9-7(11)12/h9H,2-5H2,1H3,(H,8,10)(H,11,12). The first-order chi connectivity index (χ1) is 5.66. The molecule has 0 unspecified atom stereocenters. The van der Waals surface area contributed by atoms with Gasteiger partial charge < -0.3 is 15.7 Å². The highest BCUT2D eigenvalue weighted by Gasteiger charge is 2.00. The predicted molar refractivity (Wildman–Crippen MR) is 43.9 cm³/mol. The van der Waals surface area contributed by atoms with E-state index in [0.29, 0.717) is 6.54 Å². The Morgan fingerprint density at radius 1 is 1.33 bits per heavy atom. The summed E-state index contributed by atoms with van der Waals surface area (Å²) in [5.41, 5.74) is 0. The van der Waals surface area contributed by atoms with Gasteiger partial charge >= 0.3 is 6.09 Å². The number of hydrogen-bond acceptors (Lipinski definition) is 2. The predicted octanol–water partition coefficient (Wildman–Crippen LogP) is 0.170. The molecular formula is C7H14N2O3. The second-order valence-corrected chi connectivity index (χ2v) is 2.36. The van der Waals surface area contributed by atoms with E-state index in [1.165, 1.54) is 0 Å². The highest BCUT2D eigenvalue weighted by molar-refractivity contribution is 5.81. The van der Waals surface area contributed by atoms with Crippen molar-refractivity contribution in [1.82, 2.24) is 10.6 Å². The topological polar surface area (TPSA) is 78.4 Å². The van der Waals surface area contributed by atoms with Crippen LogP contribution in [0.2, 0.25) is 0 Å². The zero-order valence-electron chi connectivity index (χ0n) is 7.09. The first-order valence-electron chi connectivity index (χ1n) is 3.90. The van der Waals surface area contributed by atoms with E-state index in [1.54, 1.807) is 0 Å². The molecule has 0 atom stereocenters. The van der Waals surface area contributed by atoms with Crippen LogP contribution in [0.3, 0.4) is 0 Å². The van der Waals surface area contributed by atoms with Crippen LogP contribution in [0.5, 0.6) is 0 Å². The van der Waals surface area contributed by atoms with E-state index in [9.17, 15) is 9.59 Å². The number of carbonyl (C=O) groups is 2. The molecule has 0 aromatic rings. The largest absolute Gasteiger partial charge is 0.465 e. The molecule has 5 nitrogen and oxygen atoms in total. The number of nitrogens with one attached hydrogen (secondary N) is 2. The number of hydrogen-bond donors (Lipinski definition) is 3. The average molecular weight is 174 g/mol. The molecule has 5 heteroatoms. The third kappa shape index (κ3) is 6.85. The molecule has 0 aromatic carbocycles. The van der Waals surface area contributed by atoms with Crippen molar-refractivity contribution in [3.63, 3.8) is 0 Å². The first-order valence-corrected chi connectivity index (χ1v) is 3.90. The third-order valence-corrected chi connectivity index (χ3v) is 1.25. The fraction of sp³-hybridized carbons (Fsp3) is 0.714. The van der Waals surface area contributed by atoms with Crippen LogP contribution in [0.25, 0.3) is 0 Å². The van der Waals surface area contributed by atoms with Gasteiger partial charge in [0.1, 0.15) is 0 Å². The summed E-state index contributed by atoms with van der Waals surface area (Å²) in [7, 11) is 0. The summed E-state index contributed by atoms with van der Waals surface area (Å²) in [5.74, 6) is -0.286. The minimum absolute atomic E-state index is 0.168. The summed E-state index contributed by atoms with van der Waals surface area (Å²) in [5, 5.41) is 12.7. The van der Waals surface area contributed by atoms with Crippen LogP contribution in [0.15, 0.2) is 0 Å². The molecule has 0 aliphatic carbocycles. The molecule has 3 N–H and O–H groups in total. The Bertz CT molecular complexity index is 159. The maximum Gasteiger partial charge on any atom is 0.405 e. The van der Waals surface area contributed by atoms with Gasteiger partial charge in [-0.3, -0.25) is 4.79 Å². The number of carbonyl (C=O) groups excluding carboxylic acids is 1. The van der Waals surface area contributed by atoms with Gasteiger partial charge in [-0.05, 0) is 6.42 Å². The van der Waals surface area contributed by atoms with Crippen LogP contribution < -0.4 is 10.6 Å². The van der Waals surface area contributed by atoms with Crippen molar-refractivity contribution in [3.8, 4) is 0 Å². The van der Waals surface area contributed by atoms with Crippen molar-refractivity contribution >= 4 is 12.0 Å². The Labute approximate surface area is 71.1 Å². The Hall–Kier alpha value is -1.26. The molecule has 70 valence electrons. The molecule has 0 heterocycles. The number of amides is 2. The van der Waals surface area contributed by atoms with Crippen molar-refractivity contribution in [2.75, 3.05) is 13.1 Å². The Morgan fingerprint density at radius 2 is 2.00 bits per heavy atom. The Balaban J connectivity index is 3.28. The van der Waals surface area contributed by atoms with Crippen molar-refractivity contribution in [2.24, 2.45) is 0 Å². The summed E-state index contributed by atoms with van der Waals surface area (Å²) in [4.78, 5) is 20.7. The van der Waals surface area contributed by atoms with Gasteiger partial charge in [0, 0.05) is 6.54 Å². The maximum atomic E-state index is 10.8. The average Bonchev–Trinajstić information content (AvgIpc) is 2.01. The van der Waals surface area contributed by atoms with Gasteiger partial charge in [0.25, 0.3) is 0 Å². The molecule has 0 aliphatic rings. The van der Waals surface area contributed by atoms with Gasteiger partial charge in [-0.1, -0.05) is 13.3 Å². The molecule has 0 aliphatic heterocycles. The molecule has 0 spiro atoms. The summed E-state index contributed by atoms with van der Waals surface area (Å²) >= 11 is 0. The van der Waals surface area contributed by atoms with Crippen molar-refractivity contribution in [1.29, 1.82) is 0 Å². The second-order valence-electron chi connectivity index (χ2n) is 2.36. The lowest BCUT2D eigenvalue weighted by molar-refractivity contribution is -0.120. The number of carboxylic acid groups (broad SMARTS) is 1. The number of unbranched alkanes of at least 4 members (excludes halogenated alkanes) is 1. The Kier molecular flexibility index (Phi) is 5.77. The van der Waals surface area contributed by atoms with E-state index in [0.717, 1.165) is 12.8 Å². The van der Waals surface area contributed by atoms with Gasteiger partial charge in [0.15, 0.2) is 0 Å². The van der Waals surface area contributed by atoms with Gasteiger partial charge in [-0.15, -0.1) is 0 Å². The zero-order valence-corrected chi connectivity index (χ0v) is 7.09. The molecule has 0 aromatic heterocycles. The molecular weight excluding hydrogens is 160 g/mol. The summed E-state index contributed by atoms with van der Waals surface area (Å²) in [6.07, 6.45) is 0.742. The van der Waals surface area contributed by atoms with Crippen LogP contribution in [-0.4, -0.2) is 30.2 Å². The van der Waals surface area contributed by atoms with E-state index >= 15 is 0 Å². The first kappa shape index (κ1) is 10.7. The molecule has 0 saturated heterocycles. The van der Waals surface area contributed by atoms with Crippen molar-refractivity contribution in [2.45, 2.75) is 19.8 Å². The van der Waals surface area contributed by atoms with Crippen LogP contribution in [0, 0.1) is 0 Å². The minimum Gasteiger partial charge on any atom is -0.465 e.